The Morgan fingerprint density at radius 2 is 2.14 bits per heavy atom. The number of aryl methyl sites for hydroxylation is 3. The highest BCUT2D eigenvalue weighted by atomic mass is 16.5. The fourth-order valence-electron chi connectivity index (χ4n) is 2.17. The van der Waals surface area contributed by atoms with Crippen molar-refractivity contribution in [2.75, 3.05) is 0 Å². The molecule has 0 bridgehead atoms. The normalized spacial score (nSPS) is 11.0. The number of hydrogen-bond acceptors (Lipinski definition) is 5. The number of rotatable bonds is 3. The van der Waals surface area contributed by atoms with E-state index in [1.54, 1.807) is 13.1 Å². The maximum absolute atomic E-state index is 12.1. The van der Waals surface area contributed by atoms with Crippen LogP contribution < -0.4 is 0 Å². The topological polar surface area (TPSA) is 69.6 Å². The van der Waals surface area contributed by atoms with Gasteiger partial charge in [0.2, 0.25) is 0 Å². The van der Waals surface area contributed by atoms with Gasteiger partial charge in [0, 0.05) is 11.9 Å². The minimum Gasteiger partial charge on any atom is -0.456 e. The molecule has 0 unspecified atom stereocenters. The van der Waals surface area contributed by atoms with E-state index in [1.165, 1.54) is 0 Å². The summed E-state index contributed by atoms with van der Waals surface area (Å²) < 4.78 is 12.2. The zero-order valence-corrected chi connectivity index (χ0v) is 12.1. The van der Waals surface area contributed by atoms with Gasteiger partial charge in [0.15, 0.2) is 5.69 Å². The van der Waals surface area contributed by atoms with Crippen molar-refractivity contribution in [1.29, 1.82) is 0 Å². The lowest BCUT2D eigenvalue weighted by Crippen LogP contribution is -2.06. The Morgan fingerprint density at radius 1 is 1.33 bits per heavy atom. The number of carbonyl (C=O) groups excluding carboxylic acids is 1. The van der Waals surface area contributed by atoms with Gasteiger partial charge in [-0.1, -0.05) is 11.2 Å². The Kier molecular flexibility index (Phi) is 3.21. The second-order valence-electron chi connectivity index (χ2n) is 4.90. The van der Waals surface area contributed by atoms with Crippen molar-refractivity contribution in [3.63, 3.8) is 0 Å². The molecule has 3 aromatic rings. The quantitative estimate of drug-likeness (QED) is 0.692. The second kappa shape index (κ2) is 5.05. The van der Waals surface area contributed by atoms with Crippen LogP contribution in [0.25, 0.3) is 5.65 Å². The maximum atomic E-state index is 12.1. The van der Waals surface area contributed by atoms with Crippen LogP contribution in [-0.4, -0.2) is 20.5 Å². The summed E-state index contributed by atoms with van der Waals surface area (Å²) in [6.07, 6.45) is 1.68. The third kappa shape index (κ3) is 2.40. The first kappa shape index (κ1) is 13.4. The standard InChI is InChI=1S/C15H15N3O3/c1-9-5-4-6-14-16-13(7-18(9)14)15(19)20-8-12-10(2)17-21-11(12)3/h4-7H,8H2,1-3H3. The number of fused-ring (bicyclic) bond motifs is 1. The molecule has 0 fully saturated rings. The molecule has 0 radical (unpaired) electrons. The van der Waals surface area contributed by atoms with Gasteiger partial charge in [-0.05, 0) is 32.9 Å². The number of aromatic nitrogens is 3. The average molecular weight is 285 g/mol. The monoisotopic (exact) mass is 285 g/mol. The molecule has 0 aliphatic rings. The van der Waals surface area contributed by atoms with Crippen molar-refractivity contribution < 1.29 is 14.1 Å². The molecule has 0 amide bonds. The fraction of sp³-hybridized carbons (Fsp3) is 0.267. The minimum absolute atomic E-state index is 0.132. The van der Waals surface area contributed by atoms with Gasteiger partial charge in [0.1, 0.15) is 18.0 Å². The van der Waals surface area contributed by atoms with Gasteiger partial charge < -0.3 is 13.7 Å². The van der Waals surface area contributed by atoms with Crippen LogP contribution in [0.5, 0.6) is 0 Å². The van der Waals surface area contributed by atoms with Gasteiger partial charge in [-0.25, -0.2) is 9.78 Å². The van der Waals surface area contributed by atoms with Crippen molar-refractivity contribution in [2.45, 2.75) is 27.4 Å². The van der Waals surface area contributed by atoms with Crippen LogP contribution >= 0.6 is 0 Å². The SMILES string of the molecule is Cc1noc(C)c1COC(=O)c1cn2c(C)cccc2n1. The van der Waals surface area contributed by atoms with Crippen molar-refractivity contribution in [3.05, 3.63) is 52.8 Å². The van der Waals surface area contributed by atoms with Crippen molar-refractivity contribution in [2.24, 2.45) is 0 Å². The molecule has 0 atom stereocenters. The van der Waals surface area contributed by atoms with Crippen molar-refractivity contribution in [3.8, 4) is 0 Å². The van der Waals surface area contributed by atoms with Gasteiger partial charge in [-0.3, -0.25) is 0 Å². The Balaban J connectivity index is 1.80. The Morgan fingerprint density at radius 3 is 2.81 bits per heavy atom. The number of pyridine rings is 1. The van der Waals surface area contributed by atoms with E-state index in [-0.39, 0.29) is 12.3 Å². The van der Waals surface area contributed by atoms with Gasteiger partial charge in [-0.15, -0.1) is 0 Å². The third-order valence-corrected chi connectivity index (χ3v) is 3.43. The first-order valence-corrected chi connectivity index (χ1v) is 6.60. The lowest BCUT2D eigenvalue weighted by atomic mass is 10.2. The molecule has 0 aliphatic heterocycles. The largest absolute Gasteiger partial charge is 0.456 e. The highest BCUT2D eigenvalue weighted by Gasteiger charge is 2.16. The molecular formula is C15H15N3O3. The fourth-order valence-corrected chi connectivity index (χ4v) is 2.17. The second-order valence-corrected chi connectivity index (χ2v) is 4.90. The lowest BCUT2D eigenvalue weighted by Gasteiger charge is -2.01. The Bertz CT molecular complexity index is 797. The summed E-state index contributed by atoms with van der Waals surface area (Å²) in [7, 11) is 0. The van der Waals surface area contributed by atoms with Gasteiger partial charge in [0.05, 0.1) is 11.3 Å². The van der Waals surface area contributed by atoms with Crippen LogP contribution in [0.1, 0.15) is 33.2 Å². The highest BCUT2D eigenvalue weighted by molar-refractivity contribution is 5.88. The van der Waals surface area contributed by atoms with Crippen LogP contribution in [0.2, 0.25) is 0 Å². The summed E-state index contributed by atoms with van der Waals surface area (Å²) in [5.41, 5.74) is 3.54. The zero-order valence-electron chi connectivity index (χ0n) is 12.1. The van der Waals surface area contributed by atoms with E-state index in [0.29, 0.717) is 5.76 Å². The van der Waals surface area contributed by atoms with E-state index < -0.39 is 5.97 Å². The van der Waals surface area contributed by atoms with Crippen LogP contribution in [-0.2, 0) is 11.3 Å². The molecule has 0 saturated carbocycles. The lowest BCUT2D eigenvalue weighted by molar-refractivity contribution is 0.0464. The van der Waals surface area contributed by atoms with E-state index in [1.807, 2.05) is 36.4 Å². The first-order chi connectivity index (χ1) is 10.1. The Hall–Kier alpha value is -2.63. The van der Waals surface area contributed by atoms with Gasteiger partial charge >= 0.3 is 5.97 Å². The van der Waals surface area contributed by atoms with Gasteiger partial charge in [-0.2, -0.15) is 0 Å². The Labute approximate surface area is 121 Å². The molecule has 21 heavy (non-hydrogen) atoms. The smallest absolute Gasteiger partial charge is 0.358 e. The molecule has 0 N–H and O–H groups in total. The molecule has 3 aromatic heterocycles. The van der Waals surface area contributed by atoms with E-state index in [9.17, 15) is 4.79 Å². The van der Waals surface area contributed by atoms with Crippen molar-refractivity contribution >= 4 is 11.6 Å². The number of carbonyl (C=O) groups is 1. The summed E-state index contributed by atoms with van der Waals surface area (Å²) in [6, 6.07) is 5.70. The number of nitrogens with zero attached hydrogens (tertiary/aromatic N) is 3. The molecule has 6 heteroatoms. The van der Waals surface area contributed by atoms with E-state index in [2.05, 4.69) is 10.1 Å². The minimum atomic E-state index is -0.460. The maximum Gasteiger partial charge on any atom is 0.358 e. The number of ether oxygens (including phenoxy) is 1. The van der Waals surface area contributed by atoms with Crippen molar-refractivity contribution in [1.82, 2.24) is 14.5 Å². The predicted molar refractivity (Wildman–Crippen MR) is 75.0 cm³/mol. The van der Waals surface area contributed by atoms with Crippen LogP contribution in [0, 0.1) is 20.8 Å². The number of esters is 1. The molecule has 0 aromatic carbocycles. The summed E-state index contributed by atoms with van der Waals surface area (Å²) in [5.74, 6) is 0.198. The van der Waals surface area contributed by atoms with Crippen LogP contribution in [0.3, 0.4) is 0 Å². The van der Waals surface area contributed by atoms with E-state index in [4.69, 9.17) is 9.26 Å². The summed E-state index contributed by atoms with van der Waals surface area (Å²) in [4.78, 5) is 16.4. The molecule has 0 aliphatic carbocycles. The third-order valence-electron chi connectivity index (χ3n) is 3.43. The highest BCUT2D eigenvalue weighted by Crippen LogP contribution is 2.15. The zero-order chi connectivity index (χ0) is 15.0. The molecule has 3 rings (SSSR count). The molecule has 0 spiro atoms. The average Bonchev–Trinajstić information content (AvgIpc) is 3.02. The molecule has 3 heterocycles. The summed E-state index contributed by atoms with van der Waals surface area (Å²) in [5, 5.41) is 3.83. The predicted octanol–water partition coefficient (Wildman–Crippen LogP) is 2.60. The number of hydrogen-bond donors (Lipinski definition) is 0. The van der Waals surface area contributed by atoms with Crippen LogP contribution in [0.15, 0.2) is 28.9 Å². The molecule has 0 saturated heterocycles. The van der Waals surface area contributed by atoms with E-state index >= 15 is 0 Å². The van der Waals surface area contributed by atoms with E-state index in [0.717, 1.165) is 22.6 Å². The molecule has 6 nitrogen and oxygen atoms in total. The van der Waals surface area contributed by atoms with Crippen LogP contribution in [0.4, 0.5) is 0 Å². The molecular weight excluding hydrogens is 270 g/mol. The van der Waals surface area contributed by atoms with Gasteiger partial charge in [0.25, 0.3) is 0 Å². The molecule has 108 valence electrons. The summed E-state index contributed by atoms with van der Waals surface area (Å²) >= 11 is 0. The number of imidazole rings is 1. The summed E-state index contributed by atoms with van der Waals surface area (Å²) in [6.45, 7) is 5.69. The first-order valence-electron chi connectivity index (χ1n) is 6.60.